The lowest BCUT2D eigenvalue weighted by atomic mass is 9.96. The molecule has 0 bridgehead atoms. The number of carbonyl (C=O) groups excluding carboxylic acids is 1. The highest BCUT2D eigenvalue weighted by molar-refractivity contribution is 5.83. The molecule has 3 rings (SSSR count). The molecule has 1 N–H and O–H groups in total. The van der Waals surface area contributed by atoms with Crippen LogP contribution in [0.4, 0.5) is 0 Å². The molecule has 24 heavy (non-hydrogen) atoms. The second-order valence-electron chi connectivity index (χ2n) is 6.93. The lowest BCUT2D eigenvalue weighted by Gasteiger charge is -2.34. The molecule has 1 unspecified atom stereocenters. The van der Waals surface area contributed by atoms with Crippen molar-refractivity contribution in [2.75, 3.05) is 13.1 Å². The van der Waals surface area contributed by atoms with Gasteiger partial charge in [0.2, 0.25) is 5.91 Å². The summed E-state index contributed by atoms with van der Waals surface area (Å²) in [5.74, 6) is 0.260. The molecular formula is C19H28N4O. The number of rotatable bonds is 5. The van der Waals surface area contributed by atoms with Crippen molar-refractivity contribution in [1.82, 2.24) is 20.0 Å². The van der Waals surface area contributed by atoms with Crippen LogP contribution in [0.1, 0.15) is 39.3 Å². The van der Waals surface area contributed by atoms with Gasteiger partial charge in [-0.05, 0) is 46.2 Å². The van der Waals surface area contributed by atoms with Gasteiger partial charge in [0.15, 0.2) is 0 Å². The Kier molecular flexibility index (Phi) is 5.19. The van der Waals surface area contributed by atoms with Gasteiger partial charge in [0.05, 0.1) is 23.7 Å². The van der Waals surface area contributed by atoms with Crippen LogP contribution in [0.15, 0.2) is 24.3 Å². The molecule has 0 spiro atoms. The number of carbonyl (C=O) groups is 1. The third kappa shape index (κ3) is 3.46. The normalized spacial score (nSPS) is 19.1. The fourth-order valence-electron chi connectivity index (χ4n) is 3.57. The van der Waals surface area contributed by atoms with Crippen molar-refractivity contribution < 1.29 is 4.79 Å². The number of likely N-dealkylation sites (tertiary alicyclic amines) is 1. The van der Waals surface area contributed by atoms with Gasteiger partial charge >= 0.3 is 0 Å². The van der Waals surface area contributed by atoms with Crippen LogP contribution in [-0.4, -0.2) is 39.7 Å². The third-order valence-electron chi connectivity index (χ3n) is 5.02. The molecule has 1 aromatic carbocycles. The van der Waals surface area contributed by atoms with E-state index in [-0.39, 0.29) is 11.8 Å². The summed E-state index contributed by atoms with van der Waals surface area (Å²) in [5.41, 5.74) is 2.09. The zero-order valence-electron chi connectivity index (χ0n) is 15.0. The first-order valence-corrected chi connectivity index (χ1v) is 9.06. The highest BCUT2D eigenvalue weighted by Crippen LogP contribution is 2.20. The van der Waals surface area contributed by atoms with Gasteiger partial charge in [-0.15, -0.1) is 0 Å². The van der Waals surface area contributed by atoms with Crippen LogP contribution >= 0.6 is 0 Å². The van der Waals surface area contributed by atoms with Crippen molar-refractivity contribution in [3.05, 3.63) is 30.0 Å². The van der Waals surface area contributed by atoms with Gasteiger partial charge in [-0.1, -0.05) is 18.2 Å². The summed E-state index contributed by atoms with van der Waals surface area (Å²) in [6, 6.07) is 8.72. The molecular weight excluding hydrogens is 300 g/mol. The molecule has 1 saturated heterocycles. The maximum atomic E-state index is 12.6. The molecule has 0 aliphatic carbocycles. The highest BCUT2D eigenvalue weighted by atomic mass is 16.1. The number of piperidine rings is 1. The van der Waals surface area contributed by atoms with Crippen molar-refractivity contribution in [2.24, 2.45) is 5.92 Å². The molecule has 1 amide bonds. The molecule has 0 saturated carbocycles. The van der Waals surface area contributed by atoms with E-state index in [1.165, 1.54) is 0 Å². The Hall–Kier alpha value is -1.88. The number of aryl methyl sites for hydroxylation is 1. The maximum absolute atomic E-state index is 12.6. The van der Waals surface area contributed by atoms with Gasteiger partial charge in [0, 0.05) is 24.5 Å². The first-order valence-electron chi connectivity index (χ1n) is 9.06. The summed E-state index contributed by atoms with van der Waals surface area (Å²) in [6.07, 6.45) is 2.09. The molecule has 0 radical (unpaired) electrons. The molecule has 2 aromatic rings. The first kappa shape index (κ1) is 17.0. The van der Waals surface area contributed by atoms with Crippen LogP contribution < -0.4 is 5.32 Å². The Morgan fingerprint density at radius 2 is 2.17 bits per heavy atom. The lowest BCUT2D eigenvalue weighted by Crippen LogP contribution is -2.45. The number of nitrogens with zero attached hydrogens (tertiary/aromatic N) is 3. The van der Waals surface area contributed by atoms with E-state index in [0.717, 1.165) is 49.1 Å². The lowest BCUT2D eigenvalue weighted by molar-refractivity contribution is -0.127. The van der Waals surface area contributed by atoms with Crippen LogP contribution in [0.5, 0.6) is 0 Å². The average Bonchev–Trinajstić information content (AvgIpc) is 2.98. The molecule has 1 aromatic heterocycles. The van der Waals surface area contributed by atoms with Gasteiger partial charge in [-0.2, -0.15) is 5.10 Å². The molecule has 1 aliphatic rings. The standard InChI is InChI=1S/C19H28N4O/c1-4-23-18-10-6-5-9-16(18)17(21-23)12-20-19(24)15-8-7-11-22(13-15)14(2)3/h5-6,9-10,14-15H,4,7-8,11-13H2,1-3H3,(H,20,24). The molecule has 1 fully saturated rings. The predicted molar refractivity (Wildman–Crippen MR) is 96.7 cm³/mol. The van der Waals surface area contributed by atoms with Crippen LogP contribution in [0.2, 0.25) is 0 Å². The largest absolute Gasteiger partial charge is 0.350 e. The summed E-state index contributed by atoms with van der Waals surface area (Å²) in [4.78, 5) is 15.0. The van der Waals surface area contributed by atoms with Gasteiger partial charge < -0.3 is 10.2 Å². The molecule has 2 heterocycles. The van der Waals surface area contributed by atoms with Crippen molar-refractivity contribution in [2.45, 2.75) is 52.7 Å². The number of nitrogens with one attached hydrogen (secondary N) is 1. The zero-order chi connectivity index (χ0) is 17.1. The van der Waals surface area contributed by atoms with Gasteiger partial charge in [-0.3, -0.25) is 9.48 Å². The van der Waals surface area contributed by atoms with E-state index in [9.17, 15) is 4.79 Å². The quantitative estimate of drug-likeness (QED) is 0.918. The molecule has 1 aliphatic heterocycles. The smallest absolute Gasteiger partial charge is 0.224 e. The van der Waals surface area contributed by atoms with Crippen molar-refractivity contribution in [3.8, 4) is 0 Å². The minimum Gasteiger partial charge on any atom is -0.350 e. The van der Waals surface area contributed by atoms with E-state index in [0.29, 0.717) is 12.6 Å². The van der Waals surface area contributed by atoms with Crippen LogP contribution in [0.3, 0.4) is 0 Å². The van der Waals surface area contributed by atoms with E-state index in [4.69, 9.17) is 0 Å². The summed E-state index contributed by atoms with van der Waals surface area (Å²) in [7, 11) is 0. The van der Waals surface area contributed by atoms with E-state index < -0.39 is 0 Å². The number of hydrogen-bond donors (Lipinski definition) is 1. The summed E-state index contributed by atoms with van der Waals surface area (Å²) in [6.45, 7) is 9.80. The Morgan fingerprint density at radius 1 is 1.38 bits per heavy atom. The Bertz CT molecular complexity index is 706. The summed E-state index contributed by atoms with van der Waals surface area (Å²) < 4.78 is 2.00. The number of amides is 1. The zero-order valence-corrected chi connectivity index (χ0v) is 15.0. The van der Waals surface area contributed by atoms with Crippen molar-refractivity contribution in [3.63, 3.8) is 0 Å². The van der Waals surface area contributed by atoms with E-state index >= 15 is 0 Å². The Labute approximate surface area is 144 Å². The Balaban J connectivity index is 1.66. The summed E-state index contributed by atoms with van der Waals surface area (Å²) in [5, 5.41) is 8.91. The first-order chi connectivity index (χ1) is 11.6. The maximum Gasteiger partial charge on any atom is 0.224 e. The number of para-hydroxylation sites is 1. The average molecular weight is 328 g/mol. The van der Waals surface area contributed by atoms with Gasteiger partial charge in [-0.25, -0.2) is 0 Å². The molecule has 130 valence electrons. The van der Waals surface area contributed by atoms with Crippen LogP contribution in [-0.2, 0) is 17.9 Å². The molecule has 5 heteroatoms. The minimum absolute atomic E-state index is 0.0978. The topological polar surface area (TPSA) is 50.2 Å². The molecule has 1 atom stereocenters. The van der Waals surface area contributed by atoms with Gasteiger partial charge in [0.25, 0.3) is 0 Å². The molecule has 5 nitrogen and oxygen atoms in total. The van der Waals surface area contributed by atoms with Crippen LogP contribution in [0, 0.1) is 5.92 Å². The van der Waals surface area contributed by atoms with E-state index in [2.05, 4.69) is 48.2 Å². The number of fused-ring (bicyclic) bond motifs is 1. The fourth-order valence-corrected chi connectivity index (χ4v) is 3.57. The van der Waals surface area contributed by atoms with Crippen molar-refractivity contribution >= 4 is 16.8 Å². The SMILES string of the molecule is CCn1nc(CNC(=O)C2CCCN(C(C)C)C2)c2ccccc21. The third-order valence-corrected chi connectivity index (χ3v) is 5.02. The highest BCUT2D eigenvalue weighted by Gasteiger charge is 2.27. The second-order valence-corrected chi connectivity index (χ2v) is 6.93. The monoisotopic (exact) mass is 328 g/mol. The number of benzene rings is 1. The second kappa shape index (κ2) is 7.34. The fraction of sp³-hybridized carbons (Fsp3) is 0.579. The number of aromatic nitrogens is 2. The number of hydrogen-bond acceptors (Lipinski definition) is 3. The predicted octanol–water partition coefficient (Wildman–Crippen LogP) is 2.79. The minimum atomic E-state index is 0.0978. The van der Waals surface area contributed by atoms with E-state index in [1.54, 1.807) is 0 Å². The summed E-state index contributed by atoms with van der Waals surface area (Å²) >= 11 is 0. The van der Waals surface area contributed by atoms with Crippen molar-refractivity contribution in [1.29, 1.82) is 0 Å². The van der Waals surface area contributed by atoms with Gasteiger partial charge in [0.1, 0.15) is 0 Å². The van der Waals surface area contributed by atoms with Crippen LogP contribution in [0.25, 0.3) is 10.9 Å². The Morgan fingerprint density at radius 3 is 2.92 bits per heavy atom. The van der Waals surface area contributed by atoms with E-state index in [1.807, 2.05) is 16.8 Å².